The van der Waals surface area contributed by atoms with Crippen molar-refractivity contribution in [1.29, 1.82) is 0 Å². The van der Waals surface area contributed by atoms with Gasteiger partial charge in [-0.3, -0.25) is 10.1 Å². The number of para-hydroxylation sites is 1. The first-order chi connectivity index (χ1) is 8.70. The molecule has 0 fully saturated rings. The van der Waals surface area contributed by atoms with Crippen molar-refractivity contribution in [1.82, 2.24) is 0 Å². The molecule has 1 aromatic carbocycles. The van der Waals surface area contributed by atoms with Crippen LogP contribution >= 0.6 is 0 Å². The number of aliphatic hydroxyl groups excluding tert-OH is 1. The van der Waals surface area contributed by atoms with E-state index in [9.17, 15) is 10.1 Å². The third-order valence-electron chi connectivity index (χ3n) is 2.31. The van der Waals surface area contributed by atoms with Gasteiger partial charge in [-0.2, -0.15) is 0 Å². The molecule has 0 spiro atoms. The molecule has 0 aliphatic heterocycles. The average molecular weight is 254 g/mol. The standard InChI is InChI=1S/C12H18N2O4/c1-2-7-13-10-5-3-6-11(12(10)14(16)17)18-9-4-8-15/h3,5-6,13,15H,2,4,7-9H2,1H3. The number of rotatable bonds is 8. The van der Waals surface area contributed by atoms with Gasteiger partial charge in [0.1, 0.15) is 5.69 Å². The van der Waals surface area contributed by atoms with Crippen molar-refractivity contribution in [3.05, 3.63) is 28.3 Å². The normalized spacial score (nSPS) is 10.1. The molecule has 0 aromatic heterocycles. The minimum Gasteiger partial charge on any atom is -0.487 e. The van der Waals surface area contributed by atoms with Gasteiger partial charge in [-0.15, -0.1) is 0 Å². The Hall–Kier alpha value is -1.82. The number of hydrogen-bond donors (Lipinski definition) is 2. The Balaban J connectivity index is 2.90. The zero-order chi connectivity index (χ0) is 13.4. The largest absolute Gasteiger partial charge is 0.487 e. The number of nitrogens with one attached hydrogen (secondary N) is 1. The van der Waals surface area contributed by atoms with Crippen LogP contribution in [0.4, 0.5) is 11.4 Å². The minimum absolute atomic E-state index is 0.00156. The molecule has 18 heavy (non-hydrogen) atoms. The van der Waals surface area contributed by atoms with E-state index in [2.05, 4.69) is 5.32 Å². The Bertz CT molecular complexity index is 396. The molecule has 0 atom stereocenters. The minimum atomic E-state index is -0.452. The van der Waals surface area contributed by atoms with Crippen molar-refractivity contribution in [3.63, 3.8) is 0 Å². The van der Waals surface area contributed by atoms with Gasteiger partial charge >= 0.3 is 5.69 Å². The van der Waals surface area contributed by atoms with Gasteiger partial charge < -0.3 is 15.2 Å². The molecule has 2 N–H and O–H groups in total. The fraction of sp³-hybridized carbons (Fsp3) is 0.500. The average Bonchev–Trinajstić information content (AvgIpc) is 2.36. The van der Waals surface area contributed by atoms with Crippen LogP contribution in [0, 0.1) is 10.1 Å². The van der Waals surface area contributed by atoms with Crippen LogP contribution in [0.15, 0.2) is 18.2 Å². The van der Waals surface area contributed by atoms with E-state index in [4.69, 9.17) is 9.84 Å². The highest BCUT2D eigenvalue weighted by molar-refractivity contribution is 5.68. The maximum absolute atomic E-state index is 11.1. The summed E-state index contributed by atoms with van der Waals surface area (Å²) in [4.78, 5) is 10.6. The molecule has 0 bridgehead atoms. The molecule has 0 unspecified atom stereocenters. The fourth-order valence-corrected chi connectivity index (χ4v) is 1.48. The first-order valence-electron chi connectivity index (χ1n) is 5.95. The van der Waals surface area contributed by atoms with Crippen molar-refractivity contribution in [3.8, 4) is 5.75 Å². The van der Waals surface area contributed by atoms with Gasteiger partial charge in [0.05, 0.1) is 11.5 Å². The second-order valence-corrected chi connectivity index (χ2v) is 3.76. The Morgan fingerprint density at radius 2 is 2.28 bits per heavy atom. The van der Waals surface area contributed by atoms with E-state index in [0.29, 0.717) is 18.7 Å². The smallest absolute Gasteiger partial charge is 0.333 e. The van der Waals surface area contributed by atoms with Crippen LogP contribution in [-0.2, 0) is 0 Å². The summed E-state index contributed by atoms with van der Waals surface area (Å²) >= 11 is 0. The fourth-order valence-electron chi connectivity index (χ4n) is 1.48. The number of nitro groups is 1. The lowest BCUT2D eigenvalue weighted by Crippen LogP contribution is -2.06. The van der Waals surface area contributed by atoms with Crippen LogP contribution in [-0.4, -0.2) is 29.8 Å². The maximum Gasteiger partial charge on any atom is 0.333 e. The van der Waals surface area contributed by atoms with E-state index < -0.39 is 4.92 Å². The zero-order valence-electron chi connectivity index (χ0n) is 10.4. The Morgan fingerprint density at radius 3 is 2.89 bits per heavy atom. The molecule has 100 valence electrons. The van der Waals surface area contributed by atoms with Gasteiger partial charge in [0.15, 0.2) is 5.75 Å². The quantitative estimate of drug-likeness (QED) is 0.422. The van der Waals surface area contributed by atoms with Crippen molar-refractivity contribution < 1.29 is 14.8 Å². The van der Waals surface area contributed by atoms with Crippen molar-refractivity contribution in [2.75, 3.05) is 25.1 Å². The van der Waals surface area contributed by atoms with E-state index in [1.165, 1.54) is 0 Å². The summed E-state index contributed by atoms with van der Waals surface area (Å²) in [6, 6.07) is 4.93. The number of anilines is 1. The monoisotopic (exact) mass is 254 g/mol. The second-order valence-electron chi connectivity index (χ2n) is 3.76. The highest BCUT2D eigenvalue weighted by Gasteiger charge is 2.20. The topological polar surface area (TPSA) is 84.6 Å². The van der Waals surface area contributed by atoms with Crippen molar-refractivity contribution in [2.24, 2.45) is 0 Å². The molecule has 0 saturated carbocycles. The summed E-state index contributed by atoms with van der Waals surface area (Å²) in [6.45, 7) is 2.91. The molecule has 0 radical (unpaired) electrons. The second kappa shape index (κ2) is 7.50. The zero-order valence-corrected chi connectivity index (χ0v) is 10.4. The summed E-state index contributed by atoms with van der Waals surface area (Å²) in [5.41, 5.74) is 0.409. The van der Waals surface area contributed by atoms with E-state index in [1.54, 1.807) is 18.2 Å². The van der Waals surface area contributed by atoms with E-state index in [-0.39, 0.29) is 24.7 Å². The van der Waals surface area contributed by atoms with Gasteiger partial charge in [0, 0.05) is 19.6 Å². The van der Waals surface area contributed by atoms with Crippen LogP contribution in [0.5, 0.6) is 5.75 Å². The van der Waals surface area contributed by atoms with Crippen molar-refractivity contribution in [2.45, 2.75) is 19.8 Å². The molecule has 6 heteroatoms. The Kier molecular flexibility index (Phi) is 5.93. The predicted molar refractivity (Wildman–Crippen MR) is 69.1 cm³/mol. The lowest BCUT2D eigenvalue weighted by molar-refractivity contribution is -0.385. The molecule has 6 nitrogen and oxygen atoms in total. The van der Waals surface area contributed by atoms with E-state index in [1.807, 2.05) is 6.92 Å². The maximum atomic E-state index is 11.1. The number of benzene rings is 1. The number of hydrogen-bond acceptors (Lipinski definition) is 5. The van der Waals surface area contributed by atoms with Crippen LogP contribution in [0.3, 0.4) is 0 Å². The predicted octanol–water partition coefficient (Wildman–Crippen LogP) is 2.18. The third-order valence-corrected chi connectivity index (χ3v) is 2.31. The highest BCUT2D eigenvalue weighted by atomic mass is 16.6. The number of ether oxygens (including phenoxy) is 1. The summed E-state index contributed by atoms with van der Waals surface area (Å²) in [5.74, 6) is 0.231. The molecule has 1 aromatic rings. The molecular formula is C12H18N2O4. The molecule has 0 saturated heterocycles. The number of aliphatic hydroxyl groups is 1. The number of nitrogens with zero attached hydrogens (tertiary/aromatic N) is 1. The molecule has 0 aliphatic carbocycles. The third kappa shape index (κ3) is 3.89. The number of nitro benzene ring substituents is 1. The van der Waals surface area contributed by atoms with Gasteiger partial charge in [-0.25, -0.2) is 0 Å². The SMILES string of the molecule is CCCNc1cccc(OCCCO)c1[N+](=O)[O-]. The Labute approximate surface area is 106 Å². The molecule has 0 aliphatic rings. The van der Waals surface area contributed by atoms with E-state index >= 15 is 0 Å². The van der Waals surface area contributed by atoms with Crippen LogP contribution in [0.1, 0.15) is 19.8 Å². The molecule has 0 amide bonds. The highest BCUT2D eigenvalue weighted by Crippen LogP contribution is 2.34. The molecule has 0 heterocycles. The van der Waals surface area contributed by atoms with Crippen LogP contribution in [0.2, 0.25) is 0 Å². The van der Waals surface area contributed by atoms with Gasteiger partial charge in [0.25, 0.3) is 0 Å². The first-order valence-corrected chi connectivity index (χ1v) is 5.95. The summed E-state index contributed by atoms with van der Waals surface area (Å²) < 4.78 is 5.32. The van der Waals surface area contributed by atoms with Gasteiger partial charge in [0.2, 0.25) is 0 Å². The lowest BCUT2D eigenvalue weighted by atomic mass is 10.2. The van der Waals surface area contributed by atoms with Crippen molar-refractivity contribution >= 4 is 11.4 Å². The molecule has 1 rings (SSSR count). The van der Waals surface area contributed by atoms with Gasteiger partial charge in [-0.05, 0) is 18.6 Å². The van der Waals surface area contributed by atoms with Crippen LogP contribution in [0.25, 0.3) is 0 Å². The van der Waals surface area contributed by atoms with Gasteiger partial charge in [-0.1, -0.05) is 13.0 Å². The lowest BCUT2D eigenvalue weighted by Gasteiger charge is -2.10. The molecular weight excluding hydrogens is 236 g/mol. The summed E-state index contributed by atoms with van der Waals surface area (Å²) in [7, 11) is 0. The summed E-state index contributed by atoms with van der Waals surface area (Å²) in [6.07, 6.45) is 1.33. The van der Waals surface area contributed by atoms with E-state index in [0.717, 1.165) is 6.42 Å². The van der Waals surface area contributed by atoms with Crippen LogP contribution < -0.4 is 10.1 Å². The Morgan fingerprint density at radius 1 is 1.50 bits per heavy atom. The summed E-state index contributed by atoms with van der Waals surface area (Å²) in [5, 5.41) is 22.7. The first kappa shape index (κ1) is 14.2.